The number of hydrogen-bond acceptors (Lipinski definition) is 6. The Bertz CT molecular complexity index is 1110. The highest BCUT2D eigenvalue weighted by Crippen LogP contribution is 2.41. The molecule has 0 spiro atoms. The molecule has 5 rings (SSSR count). The summed E-state index contributed by atoms with van der Waals surface area (Å²) in [4.78, 5) is 8.63. The minimum atomic E-state index is -0.00101. The number of aryl methyl sites for hydroxylation is 1. The number of benzene rings is 1. The van der Waals surface area contributed by atoms with Crippen LogP contribution in [0.3, 0.4) is 0 Å². The summed E-state index contributed by atoms with van der Waals surface area (Å²) >= 11 is 1.50. The van der Waals surface area contributed by atoms with Crippen molar-refractivity contribution >= 4 is 16.3 Å². The van der Waals surface area contributed by atoms with E-state index in [0.29, 0.717) is 22.5 Å². The Morgan fingerprint density at radius 3 is 2.76 bits per heavy atom. The van der Waals surface area contributed by atoms with Crippen LogP contribution in [0.4, 0.5) is 0 Å². The van der Waals surface area contributed by atoms with Crippen molar-refractivity contribution in [3.8, 4) is 17.5 Å². The van der Waals surface area contributed by atoms with Gasteiger partial charge in [-0.15, -0.1) is 5.10 Å². The maximum absolute atomic E-state index is 11.1. The summed E-state index contributed by atoms with van der Waals surface area (Å²) in [5.74, 6) is 1.90. The van der Waals surface area contributed by atoms with Crippen molar-refractivity contribution in [2.24, 2.45) is 5.92 Å². The Hall–Kier alpha value is -2.64. The van der Waals surface area contributed by atoms with Crippen molar-refractivity contribution < 1.29 is 9.52 Å². The normalized spacial score (nSPS) is 19.0. The molecule has 1 aliphatic rings. The smallest absolute Gasteiger partial charge is 0.230 e. The predicted molar refractivity (Wildman–Crippen MR) is 113 cm³/mol. The van der Waals surface area contributed by atoms with E-state index in [1.807, 2.05) is 6.07 Å². The van der Waals surface area contributed by atoms with Gasteiger partial charge < -0.3 is 9.52 Å². The van der Waals surface area contributed by atoms with E-state index < -0.39 is 0 Å². The molecule has 0 bridgehead atoms. The number of piperidine rings is 1. The maximum atomic E-state index is 11.1. The summed E-state index contributed by atoms with van der Waals surface area (Å²) < 4.78 is 6.93. The fraction of sp³-hybridized carbons (Fsp3) is 0.364. The number of furan rings is 1. The lowest BCUT2D eigenvalue weighted by Gasteiger charge is -2.37. The highest BCUT2D eigenvalue weighted by molar-refractivity contribution is 7.17. The van der Waals surface area contributed by atoms with Crippen molar-refractivity contribution in [1.82, 2.24) is 19.5 Å². The molecule has 0 radical (unpaired) electrons. The summed E-state index contributed by atoms with van der Waals surface area (Å²) in [7, 11) is 0. The second-order valence-electron chi connectivity index (χ2n) is 7.95. The molecule has 0 aliphatic carbocycles. The molecule has 0 amide bonds. The van der Waals surface area contributed by atoms with Crippen LogP contribution < -0.4 is 0 Å². The van der Waals surface area contributed by atoms with Gasteiger partial charge in [-0.2, -0.15) is 9.50 Å². The third kappa shape index (κ3) is 3.34. The highest BCUT2D eigenvalue weighted by atomic mass is 32.1. The first-order valence-corrected chi connectivity index (χ1v) is 10.8. The first-order valence-electron chi connectivity index (χ1n) is 10.0. The van der Waals surface area contributed by atoms with Crippen molar-refractivity contribution in [3.05, 3.63) is 58.7 Å². The standard InChI is InChI=1S/C22H24N4O2S/c1-14-7-9-16(10-8-14)18(25-11-3-5-15(2)13-25)19-21(27)26-22(29-19)23-20(24-26)17-6-4-12-28-17/h4,6-10,12,15,18,27H,3,5,11,13H2,1-2H3/t15-,18+/m0/s1. The zero-order valence-electron chi connectivity index (χ0n) is 16.6. The molecule has 2 atom stereocenters. The molecule has 6 nitrogen and oxygen atoms in total. The second-order valence-corrected chi connectivity index (χ2v) is 8.96. The number of likely N-dealkylation sites (tertiary alicyclic amines) is 1. The minimum absolute atomic E-state index is 0.00101. The van der Waals surface area contributed by atoms with Crippen LogP contribution in [0.1, 0.15) is 41.8 Å². The molecule has 1 aromatic carbocycles. The van der Waals surface area contributed by atoms with Crippen LogP contribution in [0.2, 0.25) is 0 Å². The van der Waals surface area contributed by atoms with Crippen molar-refractivity contribution in [3.63, 3.8) is 0 Å². The number of fused-ring (bicyclic) bond motifs is 1. The van der Waals surface area contributed by atoms with E-state index >= 15 is 0 Å². The molecule has 1 fully saturated rings. The molecule has 1 aliphatic heterocycles. The topological polar surface area (TPSA) is 66.8 Å². The van der Waals surface area contributed by atoms with E-state index in [2.05, 4.69) is 53.1 Å². The summed E-state index contributed by atoms with van der Waals surface area (Å²) in [6.07, 6.45) is 4.03. The Labute approximate surface area is 173 Å². The largest absolute Gasteiger partial charge is 0.492 e. The highest BCUT2D eigenvalue weighted by Gasteiger charge is 2.32. The molecule has 0 unspecified atom stereocenters. The Kier molecular flexibility index (Phi) is 4.64. The van der Waals surface area contributed by atoms with Gasteiger partial charge in [0.05, 0.1) is 17.2 Å². The first-order chi connectivity index (χ1) is 14.1. The van der Waals surface area contributed by atoms with Crippen LogP contribution in [0.5, 0.6) is 5.88 Å². The van der Waals surface area contributed by atoms with Crippen molar-refractivity contribution in [2.75, 3.05) is 13.1 Å². The number of rotatable bonds is 4. The first kappa shape index (κ1) is 18.4. The number of aromatic hydroxyl groups is 1. The molecule has 150 valence electrons. The maximum Gasteiger partial charge on any atom is 0.230 e. The molecule has 3 aromatic heterocycles. The fourth-order valence-corrected chi connectivity index (χ4v) is 5.29. The minimum Gasteiger partial charge on any atom is -0.492 e. The lowest BCUT2D eigenvalue weighted by molar-refractivity contribution is 0.149. The molecule has 4 aromatic rings. The lowest BCUT2D eigenvalue weighted by Crippen LogP contribution is -2.37. The SMILES string of the molecule is Cc1ccc([C@H](c2sc3nc(-c4ccco4)nn3c2O)N2CCC[C@H](C)C2)cc1. The van der Waals surface area contributed by atoms with Gasteiger partial charge in [0.25, 0.3) is 0 Å². The summed E-state index contributed by atoms with van der Waals surface area (Å²) in [5, 5.41) is 15.6. The van der Waals surface area contributed by atoms with Gasteiger partial charge in [0, 0.05) is 6.54 Å². The van der Waals surface area contributed by atoms with Crippen LogP contribution in [-0.2, 0) is 0 Å². The average molecular weight is 409 g/mol. The Morgan fingerprint density at radius 2 is 2.07 bits per heavy atom. The number of thiazole rings is 1. The molecular weight excluding hydrogens is 384 g/mol. The molecule has 1 saturated heterocycles. The zero-order chi connectivity index (χ0) is 20.0. The molecule has 4 heterocycles. The summed E-state index contributed by atoms with van der Waals surface area (Å²) in [6, 6.07) is 12.2. The summed E-state index contributed by atoms with van der Waals surface area (Å²) in [5.41, 5.74) is 2.42. The van der Waals surface area contributed by atoms with E-state index in [1.54, 1.807) is 12.3 Å². The van der Waals surface area contributed by atoms with E-state index in [-0.39, 0.29) is 11.9 Å². The number of aromatic nitrogens is 3. The van der Waals surface area contributed by atoms with Gasteiger partial charge in [0.15, 0.2) is 5.76 Å². The van der Waals surface area contributed by atoms with Gasteiger partial charge in [-0.25, -0.2) is 0 Å². The van der Waals surface area contributed by atoms with Gasteiger partial charge in [0.2, 0.25) is 16.7 Å². The van der Waals surface area contributed by atoms with E-state index in [1.165, 1.54) is 39.8 Å². The van der Waals surface area contributed by atoms with Crippen molar-refractivity contribution in [2.45, 2.75) is 32.7 Å². The van der Waals surface area contributed by atoms with Gasteiger partial charge in [-0.05, 0) is 49.9 Å². The lowest BCUT2D eigenvalue weighted by atomic mass is 9.95. The van der Waals surface area contributed by atoms with E-state index in [9.17, 15) is 5.11 Å². The van der Waals surface area contributed by atoms with E-state index in [4.69, 9.17) is 4.42 Å². The zero-order valence-corrected chi connectivity index (χ0v) is 17.4. The second kappa shape index (κ2) is 7.31. The fourth-order valence-electron chi connectivity index (χ4n) is 4.18. The molecule has 7 heteroatoms. The van der Waals surface area contributed by atoms with Crippen molar-refractivity contribution in [1.29, 1.82) is 0 Å². The number of nitrogens with zero attached hydrogens (tertiary/aromatic N) is 4. The number of hydrogen-bond donors (Lipinski definition) is 1. The molecule has 0 saturated carbocycles. The van der Waals surface area contributed by atoms with Crippen LogP contribution >= 0.6 is 11.3 Å². The Morgan fingerprint density at radius 1 is 1.24 bits per heavy atom. The third-order valence-electron chi connectivity index (χ3n) is 5.64. The van der Waals surface area contributed by atoms with Gasteiger partial charge in [-0.1, -0.05) is 48.1 Å². The van der Waals surface area contributed by atoms with Gasteiger partial charge in [0.1, 0.15) is 0 Å². The molecular formula is C22H24N4O2S. The quantitative estimate of drug-likeness (QED) is 0.521. The molecule has 29 heavy (non-hydrogen) atoms. The third-order valence-corrected chi connectivity index (χ3v) is 6.71. The predicted octanol–water partition coefficient (Wildman–Crippen LogP) is 4.89. The van der Waals surface area contributed by atoms with Gasteiger partial charge >= 0.3 is 0 Å². The monoisotopic (exact) mass is 408 g/mol. The average Bonchev–Trinajstić information content (AvgIpc) is 3.43. The Balaban J connectivity index is 1.59. The van der Waals surface area contributed by atoms with Crippen LogP contribution in [0, 0.1) is 12.8 Å². The summed E-state index contributed by atoms with van der Waals surface area (Å²) in [6.45, 7) is 6.44. The van der Waals surface area contributed by atoms with Gasteiger partial charge in [-0.3, -0.25) is 4.90 Å². The van der Waals surface area contributed by atoms with E-state index in [0.717, 1.165) is 18.0 Å². The van der Waals surface area contributed by atoms with Crippen LogP contribution in [0.15, 0.2) is 47.1 Å². The molecule has 1 N–H and O–H groups in total. The van der Waals surface area contributed by atoms with Crippen LogP contribution in [0.25, 0.3) is 16.5 Å². The van der Waals surface area contributed by atoms with Crippen LogP contribution in [-0.4, -0.2) is 37.7 Å².